The Hall–Kier alpha value is -3.44. The summed E-state index contributed by atoms with van der Waals surface area (Å²) in [5.41, 5.74) is 2.19. The maximum atomic E-state index is 13.9. The van der Waals surface area contributed by atoms with Crippen LogP contribution in [0.25, 0.3) is 5.78 Å². The van der Waals surface area contributed by atoms with Gasteiger partial charge < -0.3 is 15.2 Å². The highest BCUT2D eigenvalue weighted by Crippen LogP contribution is 2.43. The molecule has 0 bridgehead atoms. The van der Waals surface area contributed by atoms with Gasteiger partial charge in [-0.15, -0.1) is 0 Å². The van der Waals surface area contributed by atoms with Gasteiger partial charge in [0, 0.05) is 37.6 Å². The van der Waals surface area contributed by atoms with E-state index >= 15 is 0 Å². The van der Waals surface area contributed by atoms with E-state index in [1.165, 1.54) is 10.8 Å². The molecule has 3 aromatic heterocycles. The van der Waals surface area contributed by atoms with Crippen molar-refractivity contribution in [3.8, 4) is 0 Å². The number of nitrogens with one attached hydrogen (secondary N) is 2. The molecule has 2 unspecified atom stereocenters. The van der Waals surface area contributed by atoms with E-state index in [2.05, 4.69) is 30.9 Å². The molecule has 0 spiro atoms. The summed E-state index contributed by atoms with van der Waals surface area (Å²) in [6, 6.07) is -0.596. The van der Waals surface area contributed by atoms with Gasteiger partial charge in [0.05, 0.1) is 35.5 Å². The third-order valence-corrected chi connectivity index (χ3v) is 7.75. The summed E-state index contributed by atoms with van der Waals surface area (Å²) in [6.45, 7) is 0.697. The number of carbonyl (C=O) groups excluding carboxylic acids is 2. The summed E-state index contributed by atoms with van der Waals surface area (Å²) in [7, 11) is 0. The molecule has 3 aliphatic rings. The lowest BCUT2D eigenvalue weighted by Gasteiger charge is -2.33. The molecule has 2 atom stereocenters. The maximum Gasteiger partial charge on any atom is 0.257 e. The standard InChI is InChI=1S/C25H29F2N7O3/c26-25(27)7-5-15(6-8-25)21(31-23(36)18-13-37-33-20(18)14-3-4-14)19-12-34-24(30-19)29-11-17(32-34)10-16-2-1-9-28-22(16)35/h11-16,21H,1-10H2,(H,28,35)(H,31,36). The second-order valence-electron chi connectivity index (χ2n) is 10.5. The maximum absolute atomic E-state index is 13.9. The van der Waals surface area contributed by atoms with Crippen LogP contribution in [0.3, 0.4) is 0 Å². The molecular weight excluding hydrogens is 484 g/mol. The quantitative estimate of drug-likeness (QED) is 0.496. The van der Waals surface area contributed by atoms with E-state index in [4.69, 9.17) is 4.52 Å². The van der Waals surface area contributed by atoms with Crippen LogP contribution in [0.2, 0.25) is 0 Å². The molecule has 12 heteroatoms. The van der Waals surface area contributed by atoms with E-state index in [1.54, 1.807) is 12.4 Å². The lowest BCUT2D eigenvalue weighted by molar-refractivity contribution is -0.126. The van der Waals surface area contributed by atoms with Gasteiger partial charge in [-0.1, -0.05) is 5.16 Å². The van der Waals surface area contributed by atoms with Crippen molar-refractivity contribution in [1.82, 2.24) is 35.4 Å². The van der Waals surface area contributed by atoms with Gasteiger partial charge in [0.1, 0.15) is 11.8 Å². The zero-order valence-electron chi connectivity index (χ0n) is 20.3. The average Bonchev–Trinajstić information content (AvgIpc) is 3.44. The third kappa shape index (κ3) is 5.05. The van der Waals surface area contributed by atoms with Gasteiger partial charge in [-0.05, 0) is 44.4 Å². The summed E-state index contributed by atoms with van der Waals surface area (Å²) >= 11 is 0. The predicted molar refractivity (Wildman–Crippen MR) is 126 cm³/mol. The van der Waals surface area contributed by atoms with Gasteiger partial charge >= 0.3 is 0 Å². The van der Waals surface area contributed by atoms with E-state index in [9.17, 15) is 18.4 Å². The Bertz CT molecular complexity index is 1310. The van der Waals surface area contributed by atoms with Crippen molar-refractivity contribution in [2.75, 3.05) is 6.54 Å². The molecule has 37 heavy (non-hydrogen) atoms. The van der Waals surface area contributed by atoms with Crippen molar-refractivity contribution < 1.29 is 22.9 Å². The lowest BCUT2D eigenvalue weighted by Crippen LogP contribution is -2.37. The van der Waals surface area contributed by atoms with Gasteiger partial charge in [-0.25, -0.2) is 23.3 Å². The van der Waals surface area contributed by atoms with Gasteiger partial charge in [0.2, 0.25) is 11.8 Å². The highest BCUT2D eigenvalue weighted by atomic mass is 19.3. The van der Waals surface area contributed by atoms with Crippen LogP contribution in [0, 0.1) is 11.8 Å². The Morgan fingerprint density at radius 2 is 2.05 bits per heavy atom. The molecule has 2 saturated carbocycles. The molecule has 10 nitrogen and oxygen atoms in total. The van der Waals surface area contributed by atoms with Gasteiger partial charge in [-0.3, -0.25) is 9.59 Å². The number of rotatable bonds is 7. The minimum absolute atomic E-state index is 0.0237. The Balaban J connectivity index is 1.27. The Labute approximate surface area is 211 Å². The number of amides is 2. The minimum atomic E-state index is -2.69. The second-order valence-corrected chi connectivity index (χ2v) is 10.5. The molecule has 1 saturated heterocycles. The number of nitrogens with zero attached hydrogens (tertiary/aromatic N) is 5. The minimum Gasteiger partial charge on any atom is -0.364 e. The first-order valence-electron chi connectivity index (χ1n) is 13.0. The molecule has 3 fully saturated rings. The zero-order valence-corrected chi connectivity index (χ0v) is 20.3. The smallest absolute Gasteiger partial charge is 0.257 e. The van der Waals surface area contributed by atoms with Crippen molar-refractivity contribution in [2.24, 2.45) is 11.8 Å². The van der Waals surface area contributed by atoms with Gasteiger partial charge in [0.25, 0.3) is 11.7 Å². The van der Waals surface area contributed by atoms with Gasteiger partial charge in [-0.2, -0.15) is 5.10 Å². The number of alkyl halides is 2. The van der Waals surface area contributed by atoms with Crippen LogP contribution < -0.4 is 10.6 Å². The molecule has 1 aliphatic heterocycles. The van der Waals surface area contributed by atoms with Crippen molar-refractivity contribution in [3.05, 3.63) is 41.3 Å². The highest BCUT2D eigenvalue weighted by Gasteiger charge is 2.40. The SMILES string of the molecule is O=C(NC(c1cn2nc(CC3CCCNC3=O)cnc2n1)C1CCC(F)(F)CC1)c1conc1C1CC1. The Kier molecular flexibility index (Phi) is 6.12. The third-order valence-electron chi connectivity index (χ3n) is 7.75. The first-order valence-corrected chi connectivity index (χ1v) is 13.0. The topological polar surface area (TPSA) is 127 Å². The van der Waals surface area contributed by atoms with E-state index in [-0.39, 0.29) is 55.3 Å². The fourth-order valence-electron chi connectivity index (χ4n) is 5.48. The number of hydrogen-bond donors (Lipinski definition) is 2. The summed E-state index contributed by atoms with van der Waals surface area (Å²) in [6.07, 6.45) is 8.82. The predicted octanol–water partition coefficient (Wildman–Crippen LogP) is 3.36. The number of aromatic nitrogens is 5. The van der Waals surface area contributed by atoms with Crippen molar-refractivity contribution >= 4 is 17.6 Å². The summed E-state index contributed by atoms with van der Waals surface area (Å²) < 4.78 is 34.5. The number of imidazole rings is 1. The zero-order chi connectivity index (χ0) is 25.6. The van der Waals surface area contributed by atoms with Crippen molar-refractivity contribution in [3.63, 3.8) is 0 Å². The summed E-state index contributed by atoms with van der Waals surface area (Å²) in [5.74, 6) is -2.83. The summed E-state index contributed by atoms with van der Waals surface area (Å²) in [5, 5.41) is 14.5. The molecule has 0 radical (unpaired) electrons. The fraction of sp³-hybridized carbons (Fsp3) is 0.600. The molecule has 3 aromatic rings. The van der Waals surface area contributed by atoms with E-state index in [0.29, 0.717) is 41.4 Å². The van der Waals surface area contributed by atoms with E-state index in [0.717, 1.165) is 25.7 Å². The molecular formula is C25H29F2N7O3. The Morgan fingerprint density at radius 3 is 2.81 bits per heavy atom. The van der Waals surface area contributed by atoms with Gasteiger partial charge in [0.15, 0.2) is 0 Å². The first kappa shape index (κ1) is 23.9. The normalized spacial score (nSPS) is 23.1. The van der Waals surface area contributed by atoms with Crippen LogP contribution in [-0.2, 0) is 11.2 Å². The molecule has 4 heterocycles. The molecule has 2 amide bonds. The second kappa shape index (κ2) is 9.46. The van der Waals surface area contributed by atoms with Crippen LogP contribution in [0.1, 0.15) is 90.8 Å². The molecule has 196 valence electrons. The summed E-state index contributed by atoms with van der Waals surface area (Å²) in [4.78, 5) is 34.5. The number of halogens is 2. The van der Waals surface area contributed by atoms with Crippen molar-refractivity contribution in [1.29, 1.82) is 0 Å². The number of fused-ring (bicyclic) bond motifs is 1. The molecule has 2 N–H and O–H groups in total. The lowest BCUT2D eigenvalue weighted by atomic mass is 9.81. The first-order chi connectivity index (χ1) is 17.9. The molecule has 6 rings (SSSR count). The number of piperidine rings is 1. The average molecular weight is 514 g/mol. The van der Waals surface area contributed by atoms with E-state index < -0.39 is 12.0 Å². The van der Waals surface area contributed by atoms with E-state index in [1.807, 2.05) is 0 Å². The molecule has 2 aliphatic carbocycles. The Morgan fingerprint density at radius 1 is 1.24 bits per heavy atom. The number of carbonyl (C=O) groups is 2. The fourth-order valence-corrected chi connectivity index (χ4v) is 5.48. The number of hydrogen-bond acceptors (Lipinski definition) is 7. The van der Waals surface area contributed by atoms with Crippen LogP contribution in [0.5, 0.6) is 0 Å². The largest absolute Gasteiger partial charge is 0.364 e. The highest BCUT2D eigenvalue weighted by molar-refractivity contribution is 5.95. The van der Waals surface area contributed by atoms with Crippen LogP contribution in [0.4, 0.5) is 8.78 Å². The molecule has 0 aromatic carbocycles. The van der Waals surface area contributed by atoms with Crippen molar-refractivity contribution in [2.45, 2.75) is 75.7 Å². The van der Waals surface area contributed by atoms with Crippen LogP contribution in [-0.4, -0.2) is 49.0 Å². The monoisotopic (exact) mass is 513 g/mol. The van der Waals surface area contributed by atoms with Crippen LogP contribution in [0.15, 0.2) is 23.2 Å². The van der Waals surface area contributed by atoms with Crippen LogP contribution >= 0.6 is 0 Å².